The number of carbonyl (C=O) groups is 2. The van der Waals surface area contributed by atoms with E-state index in [1.807, 2.05) is 36.4 Å². The Morgan fingerprint density at radius 3 is 1.80 bits per heavy atom. The first-order chi connectivity index (χ1) is 9.38. The average Bonchev–Trinajstić information content (AvgIpc) is 2.48. The maximum Gasteiger partial charge on any atom is 0.332 e. The smallest absolute Gasteiger partial charge is 0.332 e. The van der Waals surface area contributed by atoms with E-state index in [0.29, 0.717) is 5.57 Å². The Labute approximate surface area is 120 Å². The van der Waals surface area contributed by atoms with Crippen LogP contribution in [0.25, 0.3) is 6.08 Å². The molecule has 0 aliphatic heterocycles. The van der Waals surface area contributed by atoms with Crippen LogP contribution < -0.4 is 5.73 Å². The number of esters is 1. The molecule has 0 aromatic heterocycles. The molecule has 0 aliphatic rings. The van der Waals surface area contributed by atoms with Gasteiger partial charge in [-0.2, -0.15) is 0 Å². The summed E-state index contributed by atoms with van der Waals surface area (Å²) in [6.07, 6.45) is 2.89. The van der Waals surface area contributed by atoms with Crippen LogP contribution in [0.2, 0.25) is 0 Å². The fraction of sp³-hybridized carbons (Fsp3) is 0.125. The van der Waals surface area contributed by atoms with Gasteiger partial charge in [0.2, 0.25) is 5.91 Å². The zero-order valence-corrected chi connectivity index (χ0v) is 12.0. The number of benzene rings is 1. The van der Waals surface area contributed by atoms with Crippen LogP contribution in [-0.4, -0.2) is 19.0 Å². The molecule has 1 amide bonds. The van der Waals surface area contributed by atoms with E-state index >= 15 is 0 Å². The Morgan fingerprint density at radius 2 is 1.65 bits per heavy atom. The summed E-state index contributed by atoms with van der Waals surface area (Å²) in [5, 5.41) is 0. The molecule has 1 aromatic carbocycles. The van der Waals surface area contributed by atoms with E-state index in [0.717, 1.165) is 6.08 Å². The molecule has 20 heavy (non-hydrogen) atoms. The molecule has 0 fully saturated rings. The second-order valence-corrected chi connectivity index (χ2v) is 3.49. The lowest BCUT2D eigenvalue weighted by molar-refractivity contribution is -0.136. The highest BCUT2D eigenvalue weighted by atomic mass is 16.5. The Morgan fingerprint density at radius 1 is 1.20 bits per heavy atom. The van der Waals surface area contributed by atoms with Gasteiger partial charge in [-0.25, -0.2) is 4.79 Å². The SMILES string of the molecule is C=C(C)C(=O)OC.C=CC(N)=O.C=Cc1ccccc1. The van der Waals surface area contributed by atoms with Crippen LogP contribution in [-0.2, 0) is 14.3 Å². The molecule has 0 radical (unpaired) electrons. The van der Waals surface area contributed by atoms with Crippen molar-refractivity contribution in [1.82, 2.24) is 0 Å². The zero-order chi connectivity index (χ0) is 16.0. The number of methoxy groups -OCH3 is 1. The van der Waals surface area contributed by atoms with Crippen molar-refractivity contribution in [3.63, 3.8) is 0 Å². The highest BCUT2D eigenvalue weighted by Crippen LogP contribution is 1.97. The standard InChI is InChI=1S/C8H8.C5H8O2.C3H5NO/c1-2-8-6-4-3-5-7-8;1-4(2)5(6)7-3;1-2-3(4)5/h2-7H,1H2;1H2,2-3H3;2H,1H2,(H2,4,5). The summed E-state index contributed by atoms with van der Waals surface area (Å²) in [6, 6.07) is 10.0. The summed E-state index contributed by atoms with van der Waals surface area (Å²) in [7, 11) is 1.33. The van der Waals surface area contributed by atoms with Crippen LogP contribution >= 0.6 is 0 Å². The summed E-state index contributed by atoms with van der Waals surface area (Å²) >= 11 is 0. The van der Waals surface area contributed by atoms with Crippen molar-refractivity contribution in [2.75, 3.05) is 7.11 Å². The molecule has 0 unspecified atom stereocenters. The van der Waals surface area contributed by atoms with Gasteiger partial charge >= 0.3 is 5.97 Å². The van der Waals surface area contributed by atoms with Crippen molar-refractivity contribution >= 4 is 18.0 Å². The molecule has 0 heterocycles. The minimum Gasteiger partial charge on any atom is -0.466 e. The van der Waals surface area contributed by atoms with Crippen molar-refractivity contribution < 1.29 is 14.3 Å². The molecule has 4 nitrogen and oxygen atoms in total. The predicted molar refractivity (Wildman–Crippen MR) is 82.8 cm³/mol. The first-order valence-corrected chi connectivity index (χ1v) is 5.72. The van der Waals surface area contributed by atoms with E-state index in [2.05, 4.69) is 30.2 Å². The van der Waals surface area contributed by atoms with E-state index in [-0.39, 0.29) is 5.97 Å². The van der Waals surface area contributed by atoms with Crippen molar-refractivity contribution in [2.24, 2.45) is 5.73 Å². The molecule has 0 saturated heterocycles. The second kappa shape index (κ2) is 12.8. The monoisotopic (exact) mass is 275 g/mol. The summed E-state index contributed by atoms with van der Waals surface area (Å²) in [4.78, 5) is 19.7. The maximum absolute atomic E-state index is 10.2. The molecule has 4 heteroatoms. The molecule has 0 aliphatic carbocycles. The molecule has 108 valence electrons. The Kier molecular flexibility index (Phi) is 12.6. The summed E-state index contributed by atoms with van der Waals surface area (Å²) in [5.41, 5.74) is 6.14. The minimum absolute atomic E-state index is 0.347. The van der Waals surface area contributed by atoms with Crippen molar-refractivity contribution in [2.45, 2.75) is 6.92 Å². The zero-order valence-electron chi connectivity index (χ0n) is 12.0. The Hall–Kier alpha value is -2.62. The molecule has 1 rings (SSSR count). The van der Waals surface area contributed by atoms with Crippen LogP contribution in [0, 0.1) is 0 Å². The summed E-state index contributed by atoms with van der Waals surface area (Å²) in [6.45, 7) is 11.7. The molecule has 2 N–H and O–H groups in total. The van der Waals surface area contributed by atoms with Gasteiger partial charge in [0.15, 0.2) is 0 Å². The highest BCUT2D eigenvalue weighted by Gasteiger charge is 1.95. The van der Waals surface area contributed by atoms with Crippen molar-refractivity contribution in [3.05, 3.63) is 67.3 Å². The van der Waals surface area contributed by atoms with Gasteiger partial charge in [-0.05, 0) is 18.6 Å². The number of ether oxygens (including phenoxy) is 1. The first-order valence-electron chi connectivity index (χ1n) is 5.72. The quantitative estimate of drug-likeness (QED) is 0.681. The lowest BCUT2D eigenvalue weighted by Gasteiger charge is -1.91. The van der Waals surface area contributed by atoms with E-state index < -0.39 is 5.91 Å². The Bertz CT molecular complexity index is 450. The van der Waals surface area contributed by atoms with Crippen LogP contribution in [0.3, 0.4) is 0 Å². The summed E-state index contributed by atoms with van der Waals surface area (Å²) in [5.74, 6) is -0.829. The first kappa shape index (κ1) is 19.7. The van der Waals surface area contributed by atoms with Crippen LogP contribution in [0.15, 0.2) is 61.7 Å². The van der Waals surface area contributed by atoms with E-state index in [1.165, 1.54) is 12.7 Å². The molecular formula is C16H21NO3. The number of nitrogens with two attached hydrogens (primary N) is 1. The van der Waals surface area contributed by atoms with Gasteiger partial charge in [0.1, 0.15) is 0 Å². The van der Waals surface area contributed by atoms with Gasteiger partial charge in [-0.1, -0.05) is 56.1 Å². The maximum atomic E-state index is 10.2. The normalized spacial score (nSPS) is 7.70. The second-order valence-electron chi connectivity index (χ2n) is 3.49. The number of hydrogen-bond donors (Lipinski definition) is 1. The van der Waals surface area contributed by atoms with Crippen LogP contribution in [0.4, 0.5) is 0 Å². The largest absolute Gasteiger partial charge is 0.466 e. The van der Waals surface area contributed by atoms with E-state index in [1.54, 1.807) is 6.92 Å². The predicted octanol–water partition coefficient (Wildman–Crippen LogP) is 2.72. The fourth-order valence-electron chi connectivity index (χ4n) is 0.763. The molecular weight excluding hydrogens is 254 g/mol. The van der Waals surface area contributed by atoms with Gasteiger partial charge in [0, 0.05) is 5.57 Å². The topological polar surface area (TPSA) is 69.4 Å². The number of carbonyl (C=O) groups excluding carboxylic acids is 2. The minimum atomic E-state index is -0.481. The van der Waals surface area contributed by atoms with Gasteiger partial charge in [0.25, 0.3) is 0 Å². The van der Waals surface area contributed by atoms with Crippen molar-refractivity contribution in [3.8, 4) is 0 Å². The number of amides is 1. The molecule has 0 bridgehead atoms. The van der Waals surface area contributed by atoms with Gasteiger partial charge in [-0.15, -0.1) is 0 Å². The van der Waals surface area contributed by atoms with Crippen LogP contribution in [0.5, 0.6) is 0 Å². The molecule has 0 saturated carbocycles. The number of primary amides is 1. The fourth-order valence-corrected chi connectivity index (χ4v) is 0.763. The highest BCUT2D eigenvalue weighted by molar-refractivity contribution is 5.86. The number of rotatable bonds is 3. The third-order valence-corrected chi connectivity index (χ3v) is 1.77. The van der Waals surface area contributed by atoms with Crippen LogP contribution in [0.1, 0.15) is 12.5 Å². The summed E-state index contributed by atoms with van der Waals surface area (Å²) < 4.78 is 4.27. The van der Waals surface area contributed by atoms with Gasteiger partial charge < -0.3 is 10.5 Å². The molecule has 1 aromatic rings. The molecule has 0 spiro atoms. The third kappa shape index (κ3) is 13.4. The van der Waals surface area contributed by atoms with Gasteiger partial charge in [-0.3, -0.25) is 4.79 Å². The average molecular weight is 275 g/mol. The van der Waals surface area contributed by atoms with Crippen molar-refractivity contribution in [1.29, 1.82) is 0 Å². The lowest BCUT2D eigenvalue weighted by atomic mass is 10.2. The number of hydrogen-bond acceptors (Lipinski definition) is 3. The van der Waals surface area contributed by atoms with Gasteiger partial charge in [0.05, 0.1) is 7.11 Å². The van der Waals surface area contributed by atoms with E-state index in [9.17, 15) is 9.59 Å². The lowest BCUT2D eigenvalue weighted by Crippen LogP contribution is -2.04. The third-order valence-electron chi connectivity index (χ3n) is 1.77. The molecule has 0 atom stereocenters. The van der Waals surface area contributed by atoms with E-state index in [4.69, 9.17) is 0 Å². The Balaban J connectivity index is 0.